The molecule has 1 unspecified atom stereocenters. The summed E-state index contributed by atoms with van der Waals surface area (Å²) in [6, 6.07) is 11.1. The molecule has 1 aromatic rings. The molecule has 126 valence electrons. The van der Waals surface area contributed by atoms with E-state index >= 15 is 0 Å². The molecule has 1 fully saturated rings. The molecule has 1 aliphatic heterocycles. The molecule has 1 aromatic carbocycles. The van der Waals surface area contributed by atoms with E-state index in [2.05, 4.69) is 47.4 Å². The summed E-state index contributed by atoms with van der Waals surface area (Å²) in [7, 11) is 0. The fourth-order valence-corrected chi connectivity index (χ4v) is 4.03. The Morgan fingerprint density at radius 3 is 2.87 bits per heavy atom. The van der Waals surface area contributed by atoms with E-state index in [9.17, 15) is 0 Å². The summed E-state index contributed by atoms with van der Waals surface area (Å²) < 4.78 is 0. The van der Waals surface area contributed by atoms with E-state index in [1.165, 1.54) is 5.56 Å². The van der Waals surface area contributed by atoms with Crippen LogP contribution >= 0.6 is 24.0 Å². The Morgan fingerprint density at radius 1 is 1.26 bits per heavy atom. The number of likely N-dealkylation sites (tertiary alicyclic amines) is 1. The van der Waals surface area contributed by atoms with Gasteiger partial charge in [0, 0.05) is 31.4 Å². The standard InChI is InChI=1S/C19H27NOS2/c21-14-6-15-23-16-13-20-18(11-12-19(20)22)10-5-4-9-17-7-2-1-3-8-17/h1-3,5,7-8,10,18,21H,4,6,9,11-16H2/b10-5+. The van der Waals surface area contributed by atoms with Gasteiger partial charge in [-0.3, -0.25) is 0 Å². The molecule has 0 bridgehead atoms. The quantitative estimate of drug-likeness (QED) is 0.390. The van der Waals surface area contributed by atoms with Gasteiger partial charge in [0.25, 0.3) is 0 Å². The van der Waals surface area contributed by atoms with Crippen molar-refractivity contribution in [1.29, 1.82) is 0 Å². The smallest absolute Gasteiger partial charge is 0.0785 e. The van der Waals surface area contributed by atoms with Crippen molar-refractivity contribution in [2.24, 2.45) is 0 Å². The van der Waals surface area contributed by atoms with Gasteiger partial charge in [-0.05, 0) is 37.0 Å². The molecule has 0 radical (unpaired) electrons. The normalized spacial score (nSPS) is 18.2. The fraction of sp³-hybridized carbons (Fsp3) is 0.526. The number of nitrogens with zero attached hydrogens (tertiary/aromatic N) is 1. The topological polar surface area (TPSA) is 23.5 Å². The van der Waals surface area contributed by atoms with E-state index in [0.29, 0.717) is 12.6 Å². The number of hydrogen-bond acceptors (Lipinski definition) is 3. The van der Waals surface area contributed by atoms with Gasteiger partial charge in [0.2, 0.25) is 0 Å². The number of hydrogen-bond donors (Lipinski definition) is 1. The second kappa shape index (κ2) is 10.8. The van der Waals surface area contributed by atoms with Gasteiger partial charge in [0.15, 0.2) is 0 Å². The third-order valence-corrected chi connectivity index (χ3v) is 5.59. The van der Waals surface area contributed by atoms with Gasteiger partial charge in [-0.25, -0.2) is 0 Å². The second-order valence-corrected chi connectivity index (χ2v) is 7.53. The van der Waals surface area contributed by atoms with Gasteiger partial charge < -0.3 is 10.0 Å². The Kier molecular flexibility index (Phi) is 8.72. The van der Waals surface area contributed by atoms with Crippen LogP contribution in [0.15, 0.2) is 42.5 Å². The van der Waals surface area contributed by atoms with Crippen molar-refractivity contribution in [2.75, 3.05) is 24.7 Å². The van der Waals surface area contributed by atoms with Crippen LogP contribution in [0.1, 0.15) is 31.2 Å². The van der Waals surface area contributed by atoms with Crippen LogP contribution in [0.2, 0.25) is 0 Å². The van der Waals surface area contributed by atoms with Crippen molar-refractivity contribution < 1.29 is 5.11 Å². The molecule has 2 nitrogen and oxygen atoms in total. The summed E-state index contributed by atoms with van der Waals surface area (Å²) in [5, 5.41) is 8.81. The van der Waals surface area contributed by atoms with Crippen LogP contribution in [-0.4, -0.2) is 45.7 Å². The summed E-state index contributed by atoms with van der Waals surface area (Å²) in [6.45, 7) is 1.32. The minimum atomic E-state index is 0.294. The van der Waals surface area contributed by atoms with Crippen molar-refractivity contribution in [1.82, 2.24) is 4.90 Å². The predicted octanol–water partition coefficient (Wildman–Crippen LogP) is 4.08. The first-order chi connectivity index (χ1) is 11.3. The highest BCUT2D eigenvalue weighted by Crippen LogP contribution is 2.22. The third-order valence-electron chi connectivity index (χ3n) is 4.10. The molecule has 2 rings (SSSR count). The maximum absolute atomic E-state index is 8.81. The van der Waals surface area contributed by atoms with Crippen molar-refractivity contribution in [3.63, 3.8) is 0 Å². The Balaban J connectivity index is 1.71. The zero-order valence-corrected chi connectivity index (χ0v) is 15.3. The summed E-state index contributed by atoms with van der Waals surface area (Å²) in [5.41, 5.74) is 1.40. The van der Waals surface area contributed by atoms with Crippen LogP contribution in [0.4, 0.5) is 0 Å². The number of thioether (sulfide) groups is 1. The molecule has 1 saturated heterocycles. The van der Waals surface area contributed by atoms with Crippen molar-refractivity contribution in [3.8, 4) is 0 Å². The fourth-order valence-electron chi connectivity index (χ4n) is 2.83. The minimum absolute atomic E-state index is 0.294. The zero-order valence-electron chi connectivity index (χ0n) is 13.7. The van der Waals surface area contributed by atoms with Gasteiger partial charge in [0.1, 0.15) is 0 Å². The van der Waals surface area contributed by atoms with Crippen LogP contribution in [0.5, 0.6) is 0 Å². The molecular weight excluding hydrogens is 322 g/mol. The Hall–Kier alpha value is -0.840. The first-order valence-electron chi connectivity index (χ1n) is 8.50. The number of rotatable bonds is 10. The van der Waals surface area contributed by atoms with Gasteiger partial charge in [-0.2, -0.15) is 11.8 Å². The highest BCUT2D eigenvalue weighted by atomic mass is 32.2. The number of benzene rings is 1. The van der Waals surface area contributed by atoms with E-state index in [0.717, 1.165) is 55.1 Å². The molecule has 0 aliphatic carbocycles. The van der Waals surface area contributed by atoms with E-state index in [-0.39, 0.29) is 0 Å². The molecule has 0 amide bonds. The van der Waals surface area contributed by atoms with Crippen molar-refractivity contribution in [3.05, 3.63) is 48.0 Å². The zero-order chi connectivity index (χ0) is 16.3. The SMILES string of the molecule is OCCCSCCN1C(=S)CCC1/C=C/CCc1ccccc1. The predicted molar refractivity (Wildman–Crippen MR) is 105 cm³/mol. The lowest BCUT2D eigenvalue weighted by atomic mass is 10.1. The largest absolute Gasteiger partial charge is 0.396 e. The summed E-state index contributed by atoms with van der Waals surface area (Å²) >= 11 is 7.43. The van der Waals surface area contributed by atoms with Crippen LogP contribution in [0.25, 0.3) is 0 Å². The van der Waals surface area contributed by atoms with Crippen LogP contribution in [-0.2, 0) is 6.42 Å². The highest BCUT2D eigenvalue weighted by molar-refractivity contribution is 7.99. The third kappa shape index (κ3) is 6.66. The summed E-state index contributed by atoms with van der Waals surface area (Å²) in [5.74, 6) is 2.13. The summed E-state index contributed by atoms with van der Waals surface area (Å²) in [4.78, 5) is 3.51. The van der Waals surface area contributed by atoms with Crippen LogP contribution in [0.3, 0.4) is 0 Å². The van der Waals surface area contributed by atoms with E-state index < -0.39 is 0 Å². The molecular formula is C19H27NOS2. The maximum Gasteiger partial charge on any atom is 0.0785 e. The number of allylic oxidation sites excluding steroid dienone is 1. The molecule has 1 heterocycles. The lowest BCUT2D eigenvalue weighted by Gasteiger charge is -2.24. The molecule has 4 heteroatoms. The number of thiocarbonyl (C=S) groups is 1. The van der Waals surface area contributed by atoms with Gasteiger partial charge in [0.05, 0.1) is 4.99 Å². The molecule has 1 aliphatic rings. The molecule has 0 spiro atoms. The Labute approximate surface area is 150 Å². The van der Waals surface area contributed by atoms with Crippen molar-refractivity contribution >= 4 is 29.0 Å². The number of aliphatic hydroxyl groups excluding tert-OH is 1. The number of aliphatic hydroxyl groups is 1. The van der Waals surface area contributed by atoms with Crippen molar-refractivity contribution in [2.45, 2.75) is 38.1 Å². The summed E-state index contributed by atoms with van der Waals surface area (Å²) in [6.07, 6.45) is 9.94. The maximum atomic E-state index is 8.81. The first-order valence-corrected chi connectivity index (χ1v) is 10.1. The lowest BCUT2D eigenvalue weighted by molar-refractivity contribution is 0.296. The van der Waals surface area contributed by atoms with Crippen LogP contribution < -0.4 is 0 Å². The average molecular weight is 350 g/mol. The van der Waals surface area contributed by atoms with E-state index in [4.69, 9.17) is 17.3 Å². The first kappa shape index (κ1) is 18.5. The molecule has 1 atom stereocenters. The molecule has 23 heavy (non-hydrogen) atoms. The molecule has 1 N–H and O–H groups in total. The van der Waals surface area contributed by atoms with Gasteiger partial charge in [-0.1, -0.05) is 54.7 Å². The highest BCUT2D eigenvalue weighted by Gasteiger charge is 2.25. The van der Waals surface area contributed by atoms with E-state index in [1.54, 1.807) is 0 Å². The average Bonchev–Trinajstić information content (AvgIpc) is 2.93. The van der Waals surface area contributed by atoms with Gasteiger partial charge in [-0.15, -0.1) is 0 Å². The molecule has 0 saturated carbocycles. The Morgan fingerprint density at radius 2 is 2.09 bits per heavy atom. The van der Waals surface area contributed by atoms with Crippen LogP contribution in [0, 0.1) is 0 Å². The van der Waals surface area contributed by atoms with E-state index in [1.807, 2.05) is 11.8 Å². The molecule has 0 aromatic heterocycles. The number of aryl methyl sites for hydroxylation is 1. The second-order valence-electron chi connectivity index (χ2n) is 5.84. The monoisotopic (exact) mass is 349 g/mol. The van der Waals surface area contributed by atoms with Gasteiger partial charge >= 0.3 is 0 Å². The Bertz CT molecular complexity index is 489. The lowest BCUT2D eigenvalue weighted by Crippen LogP contribution is -2.32. The minimum Gasteiger partial charge on any atom is -0.396 e.